The SMILES string of the molecule is CC(=O)N1CCSc2ccc(S(=O)(=O)Nc3cccc(Cl)c3)cc21. The summed E-state index contributed by atoms with van der Waals surface area (Å²) in [5.74, 6) is 0.688. The third-order valence-corrected chi connectivity index (χ3v) is 6.22. The maximum Gasteiger partial charge on any atom is 0.261 e. The van der Waals surface area contributed by atoms with Crippen LogP contribution in [0.25, 0.3) is 0 Å². The number of thioether (sulfide) groups is 1. The zero-order valence-electron chi connectivity index (χ0n) is 12.8. The number of carbonyl (C=O) groups is 1. The predicted octanol–water partition coefficient (Wildman–Crippen LogP) is 3.60. The molecule has 0 unspecified atom stereocenters. The average Bonchev–Trinajstić information content (AvgIpc) is 2.53. The summed E-state index contributed by atoms with van der Waals surface area (Å²) in [6.45, 7) is 2.05. The molecule has 0 bridgehead atoms. The van der Waals surface area contributed by atoms with Crippen LogP contribution >= 0.6 is 23.4 Å². The second-order valence-electron chi connectivity index (χ2n) is 5.26. The van der Waals surface area contributed by atoms with Crippen molar-refractivity contribution < 1.29 is 13.2 Å². The molecule has 0 saturated heterocycles. The zero-order valence-corrected chi connectivity index (χ0v) is 15.2. The van der Waals surface area contributed by atoms with Gasteiger partial charge in [0.25, 0.3) is 10.0 Å². The van der Waals surface area contributed by atoms with E-state index in [0.717, 1.165) is 10.6 Å². The normalized spacial score (nSPS) is 14.2. The summed E-state index contributed by atoms with van der Waals surface area (Å²) in [5, 5.41) is 0.444. The lowest BCUT2D eigenvalue weighted by atomic mass is 10.2. The van der Waals surface area contributed by atoms with Gasteiger partial charge in [0.2, 0.25) is 5.91 Å². The highest BCUT2D eigenvalue weighted by atomic mass is 35.5. The lowest BCUT2D eigenvalue weighted by Gasteiger charge is -2.28. The first-order valence-corrected chi connectivity index (χ1v) is 10.0. The van der Waals surface area contributed by atoms with Gasteiger partial charge in [-0.2, -0.15) is 0 Å². The second kappa shape index (κ2) is 6.66. The second-order valence-corrected chi connectivity index (χ2v) is 8.52. The van der Waals surface area contributed by atoms with E-state index in [1.807, 2.05) is 0 Å². The summed E-state index contributed by atoms with van der Waals surface area (Å²) in [7, 11) is -3.77. The van der Waals surface area contributed by atoms with Gasteiger partial charge in [-0.1, -0.05) is 17.7 Å². The summed E-state index contributed by atoms with van der Waals surface area (Å²) in [4.78, 5) is 14.4. The van der Waals surface area contributed by atoms with Crippen LogP contribution in [0.15, 0.2) is 52.3 Å². The van der Waals surface area contributed by atoms with Crippen LogP contribution in [-0.2, 0) is 14.8 Å². The molecule has 1 N–H and O–H groups in total. The first-order valence-electron chi connectivity index (χ1n) is 7.20. The van der Waals surface area contributed by atoms with E-state index in [1.54, 1.807) is 47.0 Å². The van der Waals surface area contributed by atoms with Crippen LogP contribution in [0.3, 0.4) is 0 Å². The molecule has 24 heavy (non-hydrogen) atoms. The van der Waals surface area contributed by atoms with Gasteiger partial charge in [0.15, 0.2) is 0 Å². The fourth-order valence-electron chi connectivity index (χ4n) is 2.46. The van der Waals surface area contributed by atoms with Crippen molar-refractivity contribution in [2.75, 3.05) is 21.9 Å². The molecule has 1 amide bonds. The van der Waals surface area contributed by atoms with Gasteiger partial charge >= 0.3 is 0 Å². The van der Waals surface area contributed by atoms with E-state index in [9.17, 15) is 13.2 Å². The van der Waals surface area contributed by atoms with Gasteiger partial charge in [-0.3, -0.25) is 9.52 Å². The molecule has 0 aromatic heterocycles. The number of amides is 1. The molecule has 2 aromatic rings. The Morgan fingerprint density at radius 1 is 1.25 bits per heavy atom. The Morgan fingerprint density at radius 2 is 2.04 bits per heavy atom. The average molecular weight is 383 g/mol. The van der Waals surface area contributed by atoms with Crippen molar-refractivity contribution in [1.29, 1.82) is 0 Å². The van der Waals surface area contributed by atoms with Crippen LogP contribution in [0, 0.1) is 0 Å². The van der Waals surface area contributed by atoms with E-state index in [-0.39, 0.29) is 10.8 Å². The van der Waals surface area contributed by atoms with Crippen molar-refractivity contribution in [3.63, 3.8) is 0 Å². The summed E-state index contributed by atoms with van der Waals surface area (Å²) in [5.41, 5.74) is 1.02. The molecule has 5 nitrogen and oxygen atoms in total. The summed E-state index contributed by atoms with van der Waals surface area (Å²) >= 11 is 7.50. The third kappa shape index (κ3) is 3.53. The lowest BCUT2D eigenvalue weighted by molar-refractivity contribution is -0.116. The van der Waals surface area contributed by atoms with Crippen LogP contribution in [0.1, 0.15) is 6.92 Å². The minimum absolute atomic E-state index is 0.103. The van der Waals surface area contributed by atoms with Gasteiger partial charge < -0.3 is 4.90 Å². The molecule has 0 saturated carbocycles. The summed E-state index contributed by atoms with van der Waals surface area (Å²) < 4.78 is 27.7. The van der Waals surface area contributed by atoms with E-state index in [2.05, 4.69) is 4.72 Å². The zero-order chi connectivity index (χ0) is 17.3. The van der Waals surface area contributed by atoms with Gasteiger partial charge in [-0.05, 0) is 36.4 Å². The molecule has 126 valence electrons. The Kier molecular flexibility index (Phi) is 4.76. The highest BCUT2D eigenvalue weighted by Gasteiger charge is 2.24. The number of sulfonamides is 1. The number of hydrogen-bond acceptors (Lipinski definition) is 4. The van der Waals surface area contributed by atoms with Crippen molar-refractivity contribution in [1.82, 2.24) is 0 Å². The molecule has 1 aliphatic heterocycles. The molecule has 0 aliphatic carbocycles. The molecule has 2 aromatic carbocycles. The van der Waals surface area contributed by atoms with E-state index in [4.69, 9.17) is 11.6 Å². The van der Waals surface area contributed by atoms with Crippen LogP contribution in [-0.4, -0.2) is 26.6 Å². The van der Waals surface area contributed by atoms with Crippen LogP contribution in [0.2, 0.25) is 5.02 Å². The molecule has 0 fully saturated rings. The Morgan fingerprint density at radius 3 is 2.75 bits per heavy atom. The predicted molar refractivity (Wildman–Crippen MR) is 97.5 cm³/mol. The number of benzene rings is 2. The number of nitrogens with one attached hydrogen (secondary N) is 1. The highest BCUT2D eigenvalue weighted by Crippen LogP contribution is 2.36. The Balaban J connectivity index is 1.97. The van der Waals surface area contributed by atoms with Gasteiger partial charge in [-0.25, -0.2) is 8.42 Å². The van der Waals surface area contributed by atoms with Gasteiger partial charge in [0.1, 0.15) is 0 Å². The third-order valence-electron chi connectivity index (χ3n) is 3.56. The Hall–Kier alpha value is -1.70. The molecule has 8 heteroatoms. The maximum atomic E-state index is 12.6. The first kappa shape index (κ1) is 17.1. The number of carbonyl (C=O) groups excluding carboxylic acids is 1. The van der Waals surface area contributed by atoms with Crippen molar-refractivity contribution in [3.05, 3.63) is 47.5 Å². The minimum atomic E-state index is -3.77. The molecule has 1 aliphatic rings. The topological polar surface area (TPSA) is 66.5 Å². The van der Waals surface area contributed by atoms with E-state index in [1.165, 1.54) is 19.1 Å². The monoisotopic (exact) mass is 382 g/mol. The fourth-order valence-corrected chi connectivity index (χ4v) is 4.69. The molecule has 3 rings (SSSR count). The van der Waals surface area contributed by atoms with Crippen molar-refractivity contribution >= 4 is 50.7 Å². The van der Waals surface area contributed by atoms with Crippen LogP contribution in [0.4, 0.5) is 11.4 Å². The first-order chi connectivity index (χ1) is 11.4. The van der Waals surface area contributed by atoms with Crippen LogP contribution in [0.5, 0.6) is 0 Å². The molecule has 1 heterocycles. The van der Waals surface area contributed by atoms with Crippen molar-refractivity contribution in [2.24, 2.45) is 0 Å². The molecule has 0 atom stereocenters. The molecule has 0 spiro atoms. The van der Waals surface area contributed by atoms with Crippen LogP contribution < -0.4 is 9.62 Å². The minimum Gasteiger partial charge on any atom is -0.311 e. The lowest BCUT2D eigenvalue weighted by Crippen LogP contribution is -2.33. The number of fused-ring (bicyclic) bond motifs is 1. The number of halogens is 1. The summed E-state index contributed by atoms with van der Waals surface area (Å²) in [6, 6.07) is 11.3. The smallest absolute Gasteiger partial charge is 0.261 e. The summed E-state index contributed by atoms with van der Waals surface area (Å²) in [6.07, 6.45) is 0. The number of nitrogens with zero attached hydrogens (tertiary/aromatic N) is 1. The molecular formula is C16H15ClN2O3S2. The van der Waals surface area contributed by atoms with Crippen molar-refractivity contribution in [2.45, 2.75) is 16.7 Å². The standard InChI is InChI=1S/C16H15ClN2O3S2/c1-11(20)19-7-8-23-16-6-5-14(10-15(16)19)24(21,22)18-13-4-2-3-12(17)9-13/h2-6,9-10,18H,7-8H2,1H3. The van der Waals surface area contributed by atoms with Gasteiger partial charge in [-0.15, -0.1) is 11.8 Å². The Bertz CT molecular complexity index is 900. The van der Waals surface area contributed by atoms with E-state index >= 15 is 0 Å². The van der Waals surface area contributed by atoms with Crippen molar-refractivity contribution in [3.8, 4) is 0 Å². The molecule has 0 radical (unpaired) electrons. The Labute approximate surface area is 150 Å². The largest absolute Gasteiger partial charge is 0.311 e. The van der Waals surface area contributed by atoms with Gasteiger partial charge in [0.05, 0.1) is 16.3 Å². The van der Waals surface area contributed by atoms with Gasteiger partial charge in [0, 0.05) is 29.1 Å². The number of hydrogen-bond donors (Lipinski definition) is 1. The van der Waals surface area contributed by atoms with E-state index < -0.39 is 10.0 Å². The number of anilines is 2. The maximum absolute atomic E-state index is 12.6. The molecular weight excluding hydrogens is 368 g/mol. The highest BCUT2D eigenvalue weighted by molar-refractivity contribution is 7.99. The quantitative estimate of drug-likeness (QED) is 0.880. The fraction of sp³-hybridized carbons (Fsp3) is 0.188. The van der Waals surface area contributed by atoms with E-state index in [0.29, 0.717) is 22.9 Å². The number of rotatable bonds is 3.